The summed E-state index contributed by atoms with van der Waals surface area (Å²) in [5, 5.41) is 4.52. The topological polar surface area (TPSA) is 73.3 Å². The number of ether oxygens (including phenoxy) is 2. The summed E-state index contributed by atoms with van der Waals surface area (Å²) in [4.78, 5) is 22.1. The SMILES string of the molecule is CCOC(=O)c1sc(Nc2nc3cc(OC)ccc3s2)nc1-c1ccccc1. The number of aromatic nitrogens is 2. The summed E-state index contributed by atoms with van der Waals surface area (Å²) in [5.74, 6) is 0.385. The highest BCUT2D eigenvalue weighted by atomic mass is 32.1. The van der Waals surface area contributed by atoms with Crippen LogP contribution in [-0.2, 0) is 4.74 Å². The number of benzene rings is 2. The molecule has 2 aromatic carbocycles. The van der Waals surface area contributed by atoms with E-state index in [4.69, 9.17) is 9.47 Å². The van der Waals surface area contributed by atoms with Crippen molar-refractivity contribution >= 4 is 49.1 Å². The number of nitrogens with one attached hydrogen (secondary N) is 1. The molecule has 142 valence electrons. The van der Waals surface area contributed by atoms with Gasteiger partial charge in [0.05, 0.1) is 29.6 Å². The van der Waals surface area contributed by atoms with Gasteiger partial charge < -0.3 is 14.8 Å². The van der Waals surface area contributed by atoms with E-state index in [2.05, 4.69) is 15.3 Å². The van der Waals surface area contributed by atoms with E-state index in [0.717, 1.165) is 21.5 Å². The van der Waals surface area contributed by atoms with Crippen molar-refractivity contribution in [3.05, 3.63) is 53.4 Å². The quantitative estimate of drug-likeness (QED) is 0.431. The van der Waals surface area contributed by atoms with Gasteiger partial charge >= 0.3 is 5.97 Å². The number of carbonyl (C=O) groups excluding carboxylic acids is 1. The summed E-state index contributed by atoms with van der Waals surface area (Å²) in [5.41, 5.74) is 2.32. The van der Waals surface area contributed by atoms with Crippen molar-refractivity contribution in [2.45, 2.75) is 6.92 Å². The van der Waals surface area contributed by atoms with E-state index in [0.29, 0.717) is 27.4 Å². The largest absolute Gasteiger partial charge is 0.497 e. The maximum atomic E-state index is 12.4. The highest BCUT2D eigenvalue weighted by Crippen LogP contribution is 2.35. The third-order valence-corrected chi connectivity index (χ3v) is 5.85. The van der Waals surface area contributed by atoms with Crippen LogP contribution in [0.25, 0.3) is 21.5 Å². The fourth-order valence-electron chi connectivity index (χ4n) is 2.68. The van der Waals surface area contributed by atoms with Crippen LogP contribution >= 0.6 is 22.7 Å². The van der Waals surface area contributed by atoms with E-state index in [-0.39, 0.29) is 5.97 Å². The predicted octanol–water partition coefficient (Wildman–Crippen LogP) is 5.35. The lowest BCUT2D eigenvalue weighted by molar-refractivity contribution is 0.0532. The first-order valence-corrected chi connectivity index (χ1v) is 10.3. The van der Waals surface area contributed by atoms with Crippen LogP contribution in [0.3, 0.4) is 0 Å². The van der Waals surface area contributed by atoms with Gasteiger partial charge in [0.2, 0.25) is 0 Å². The molecule has 8 heteroatoms. The first-order valence-electron chi connectivity index (χ1n) is 8.63. The first-order chi connectivity index (χ1) is 13.7. The van der Waals surface area contributed by atoms with Crippen LogP contribution in [0.15, 0.2) is 48.5 Å². The Hall–Kier alpha value is -2.97. The summed E-state index contributed by atoms with van der Waals surface area (Å²) in [6.45, 7) is 2.10. The lowest BCUT2D eigenvalue weighted by Gasteiger charge is -2.01. The van der Waals surface area contributed by atoms with E-state index in [1.54, 1.807) is 14.0 Å². The Labute approximate surface area is 169 Å². The zero-order chi connectivity index (χ0) is 19.5. The van der Waals surface area contributed by atoms with Gasteiger partial charge in [0.1, 0.15) is 10.6 Å². The Morgan fingerprint density at radius 1 is 1.07 bits per heavy atom. The second kappa shape index (κ2) is 7.95. The minimum Gasteiger partial charge on any atom is -0.497 e. The molecule has 2 aromatic heterocycles. The van der Waals surface area contributed by atoms with E-state index in [9.17, 15) is 4.79 Å². The number of esters is 1. The molecule has 2 heterocycles. The molecule has 0 spiro atoms. The monoisotopic (exact) mass is 411 g/mol. The third-order valence-electron chi connectivity index (χ3n) is 3.94. The fourth-order valence-corrected chi connectivity index (χ4v) is 4.47. The molecule has 0 bridgehead atoms. The predicted molar refractivity (Wildman–Crippen MR) is 113 cm³/mol. The van der Waals surface area contributed by atoms with Crippen molar-refractivity contribution in [3.8, 4) is 17.0 Å². The second-order valence-electron chi connectivity index (χ2n) is 5.76. The van der Waals surface area contributed by atoms with Gasteiger partial charge in [0.15, 0.2) is 10.3 Å². The highest BCUT2D eigenvalue weighted by molar-refractivity contribution is 7.23. The number of anilines is 2. The Balaban J connectivity index is 1.69. The lowest BCUT2D eigenvalue weighted by Crippen LogP contribution is -2.03. The Morgan fingerprint density at radius 2 is 1.86 bits per heavy atom. The van der Waals surface area contributed by atoms with E-state index in [1.165, 1.54) is 22.7 Å². The number of hydrogen-bond donors (Lipinski definition) is 1. The molecule has 0 aliphatic carbocycles. The van der Waals surface area contributed by atoms with E-state index in [1.807, 2.05) is 48.5 Å². The van der Waals surface area contributed by atoms with Crippen LogP contribution in [0.1, 0.15) is 16.6 Å². The van der Waals surface area contributed by atoms with Crippen LogP contribution in [0.2, 0.25) is 0 Å². The van der Waals surface area contributed by atoms with Gasteiger partial charge in [0.25, 0.3) is 0 Å². The molecule has 0 aliphatic rings. The van der Waals surface area contributed by atoms with Gasteiger partial charge in [-0.2, -0.15) is 0 Å². The molecular formula is C20H17N3O3S2. The second-order valence-corrected chi connectivity index (χ2v) is 7.79. The van der Waals surface area contributed by atoms with Crippen LogP contribution in [-0.4, -0.2) is 29.7 Å². The van der Waals surface area contributed by atoms with Gasteiger partial charge in [-0.05, 0) is 19.1 Å². The van der Waals surface area contributed by atoms with Crippen molar-refractivity contribution in [1.82, 2.24) is 9.97 Å². The maximum Gasteiger partial charge on any atom is 0.350 e. The molecule has 1 N–H and O–H groups in total. The van der Waals surface area contributed by atoms with Crippen molar-refractivity contribution in [2.24, 2.45) is 0 Å². The van der Waals surface area contributed by atoms with Crippen LogP contribution < -0.4 is 10.1 Å². The number of hydrogen-bond acceptors (Lipinski definition) is 8. The number of carbonyl (C=O) groups is 1. The molecule has 0 unspecified atom stereocenters. The van der Waals surface area contributed by atoms with Crippen LogP contribution in [0.5, 0.6) is 5.75 Å². The summed E-state index contributed by atoms with van der Waals surface area (Å²) >= 11 is 2.77. The number of thiazole rings is 2. The molecule has 0 radical (unpaired) electrons. The Morgan fingerprint density at radius 3 is 2.61 bits per heavy atom. The number of nitrogens with zero attached hydrogens (tertiary/aromatic N) is 2. The summed E-state index contributed by atoms with van der Waals surface area (Å²) in [6.07, 6.45) is 0. The van der Waals surface area contributed by atoms with Crippen molar-refractivity contribution in [3.63, 3.8) is 0 Å². The molecule has 28 heavy (non-hydrogen) atoms. The number of rotatable bonds is 6. The summed E-state index contributed by atoms with van der Waals surface area (Å²) in [6, 6.07) is 15.4. The molecule has 4 rings (SSSR count). The molecule has 0 saturated heterocycles. The molecule has 0 saturated carbocycles. The van der Waals surface area contributed by atoms with Crippen molar-refractivity contribution in [1.29, 1.82) is 0 Å². The minimum absolute atomic E-state index is 0.313. The van der Waals surface area contributed by atoms with E-state index >= 15 is 0 Å². The normalized spacial score (nSPS) is 10.8. The molecule has 0 atom stereocenters. The zero-order valence-corrected chi connectivity index (χ0v) is 16.9. The van der Waals surface area contributed by atoms with Crippen molar-refractivity contribution < 1.29 is 14.3 Å². The Kier molecular flexibility index (Phi) is 5.23. The molecule has 0 fully saturated rings. The molecule has 6 nitrogen and oxygen atoms in total. The van der Waals surface area contributed by atoms with Gasteiger partial charge in [-0.25, -0.2) is 14.8 Å². The van der Waals surface area contributed by atoms with Crippen molar-refractivity contribution in [2.75, 3.05) is 19.0 Å². The average Bonchev–Trinajstić information content (AvgIpc) is 3.32. The van der Waals surface area contributed by atoms with Gasteiger partial charge in [-0.1, -0.05) is 53.0 Å². The van der Waals surface area contributed by atoms with Gasteiger partial charge in [0, 0.05) is 11.6 Å². The molecular weight excluding hydrogens is 394 g/mol. The number of methoxy groups -OCH3 is 1. The minimum atomic E-state index is -0.374. The van der Waals surface area contributed by atoms with E-state index < -0.39 is 0 Å². The summed E-state index contributed by atoms with van der Waals surface area (Å²) < 4.78 is 11.5. The van der Waals surface area contributed by atoms with Gasteiger partial charge in [-0.3, -0.25) is 0 Å². The fraction of sp³-hybridized carbons (Fsp3) is 0.150. The molecule has 4 aromatic rings. The maximum absolute atomic E-state index is 12.4. The summed E-state index contributed by atoms with van der Waals surface area (Å²) in [7, 11) is 1.63. The third kappa shape index (κ3) is 3.69. The highest BCUT2D eigenvalue weighted by Gasteiger charge is 2.21. The van der Waals surface area contributed by atoms with Crippen LogP contribution in [0.4, 0.5) is 10.3 Å². The van der Waals surface area contributed by atoms with Gasteiger partial charge in [-0.15, -0.1) is 0 Å². The Bertz CT molecular complexity index is 1120. The van der Waals surface area contributed by atoms with Crippen LogP contribution in [0, 0.1) is 0 Å². The zero-order valence-electron chi connectivity index (χ0n) is 15.3. The molecule has 0 aliphatic heterocycles. The molecule has 0 amide bonds. The smallest absolute Gasteiger partial charge is 0.350 e. The lowest BCUT2D eigenvalue weighted by atomic mass is 10.1. The number of fused-ring (bicyclic) bond motifs is 1. The first kappa shape index (κ1) is 18.4. The standard InChI is InChI=1S/C20H17N3O3S2/c1-3-26-18(24)17-16(12-7-5-4-6-8-12)22-20(28-17)23-19-21-14-11-13(25-2)9-10-15(14)27-19/h4-11H,3H2,1-2H3,(H,21,22,23). The average molecular weight is 412 g/mol.